The minimum atomic E-state index is -0.386. The maximum atomic E-state index is 11.1. The van der Waals surface area contributed by atoms with E-state index in [1.54, 1.807) is 12.1 Å². The maximum absolute atomic E-state index is 11.1. The first kappa shape index (κ1) is 12.7. The lowest BCUT2D eigenvalue weighted by atomic mass is 9.95. The van der Waals surface area contributed by atoms with Crippen molar-refractivity contribution in [1.29, 1.82) is 0 Å². The number of hydrogen-bond acceptors (Lipinski definition) is 3. The molecule has 3 nitrogen and oxygen atoms in total. The lowest BCUT2D eigenvalue weighted by Gasteiger charge is -2.12. The number of epoxide rings is 1. The van der Waals surface area contributed by atoms with E-state index in [0.29, 0.717) is 29.5 Å². The van der Waals surface area contributed by atoms with Crippen LogP contribution in [-0.2, 0) is 19.9 Å². The number of halogens is 2. The molecule has 0 spiro atoms. The van der Waals surface area contributed by atoms with Gasteiger partial charge in [-0.1, -0.05) is 29.3 Å². The van der Waals surface area contributed by atoms with Gasteiger partial charge >= 0.3 is 5.97 Å². The third kappa shape index (κ3) is 2.73. The molecule has 0 N–H and O–H groups in total. The maximum Gasteiger partial charge on any atom is 0.305 e. The lowest BCUT2D eigenvalue weighted by Crippen LogP contribution is -2.12. The Morgan fingerprint density at radius 1 is 1.47 bits per heavy atom. The Bertz CT molecular complexity index is 441. The van der Waals surface area contributed by atoms with Crippen LogP contribution in [0.15, 0.2) is 18.2 Å². The first-order valence-electron chi connectivity index (χ1n) is 5.24. The molecule has 1 aliphatic rings. The van der Waals surface area contributed by atoms with Crippen LogP contribution in [0, 0.1) is 0 Å². The van der Waals surface area contributed by atoms with Gasteiger partial charge in [0.2, 0.25) is 0 Å². The van der Waals surface area contributed by atoms with Crippen LogP contribution in [0.1, 0.15) is 18.4 Å². The topological polar surface area (TPSA) is 38.8 Å². The second-order valence-corrected chi connectivity index (χ2v) is 4.80. The van der Waals surface area contributed by atoms with Gasteiger partial charge in [-0.2, -0.15) is 0 Å². The van der Waals surface area contributed by atoms with Crippen LogP contribution in [0.4, 0.5) is 0 Å². The highest BCUT2D eigenvalue weighted by atomic mass is 35.5. The molecule has 2 rings (SSSR count). The number of carbonyl (C=O) groups excluding carboxylic acids is 1. The minimum Gasteiger partial charge on any atom is -0.469 e. The SMILES string of the molecule is COC(=O)CCC1(c2ccc(Cl)c(Cl)c2)CO1. The van der Waals surface area contributed by atoms with Crippen LogP contribution in [0.3, 0.4) is 0 Å². The third-order valence-corrected chi connectivity index (χ3v) is 3.64. The van der Waals surface area contributed by atoms with Gasteiger partial charge in [-0.15, -0.1) is 0 Å². The number of hydrogen-bond donors (Lipinski definition) is 0. The molecule has 1 saturated heterocycles. The fourth-order valence-electron chi connectivity index (χ4n) is 1.73. The fraction of sp³-hybridized carbons (Fsp3) is 0.417. The van der Waals surface area contributed by atoms with E-state index in [1.807, 2.05) is 6.07 Å². The van der Waals surface area contributed by atoms with E-state index in [4.69, 9.17) is 27.9 Å². The summed E-state index contributed by atoms with van der Waals surface area (Å²) in [5.41, 5.74) is 0.568. The Labute approximate surface area is 110 Å². The largest absolute Gasteiger partial charge is 0.469 e. The molecular formula is C12H12Cl2O3. The van der Waals surface area contributed by atoms with Gasteiger partial charge in [0.25, 0.3) is 0 Å². The molecule has 0 bridgehead atoms. The molecule has 5 heteroatoms. The smallest absolute Gasteiger partial charge is 0.305 e. The summed E-state index contributed by atoms with van der Waals surface area (Å²) in [4.78, 5) is 11.1. The summed E-state index contributed by atoms with van der Waals surface area (Å²) >= 11 is 11.8. The molecule has 17 heavy (non-hydrogen) atoms. The molecular weight excluding hydrogens is 263 g/mol. The molecule has 0 saturated carbocycles. The highest BCUT2D eigenvalue weighted by molar-refractivity contribution is 6.42. The van der Waals surface area contributed by atoms with E-state index in [1.165, 1.54) is 7.11 Å². The molecule has 0 aromatic heterocycles. The average molecular weight is 275 g/mol. The van der Waals surface area contributed by atoms with Crippen molar-refractivity contribution in [3.8, 4) is 0 Å². The van der Waals surface area contributed by atoms with Gasteiger partial charge in [-0.25, -0.2) is 0 Å². The zero-order valence-electron chi connectivity index (χ0n) is 9.33. The second kappa shape index (κ2) is 4.84. The highest BCUT2D eigenvalue weighted by Crippen LogP contribution is 2.44. The van der Waals surface area contributed by atoms with E-state index >= 15 is 0 Å². The van der Waals surface area contributed by atoms with E-state index < -0.39 is 0 Å². The van der Waals surface area contributed by atoms with Gasteiger partial charge in [0.05, 0.1) is 23.8 Å². The van der Waals surface area contributed by atoms with E-state index in [-0.39, 0.29) is 11.6 Å². The summed E-state index contributed by atoms with van der Waals surface area (Å²) in [5.74, 6) is -0.236. The molecule has 1 unspecified atom stereocenters. The number of ether oxygens (including phenoxy) is 2. The van der Waals surface area contributed by atoms with Crippen LogP contribution in [0.25, 0.3) is 0 Å². The fourth-order valence-corrected chi connectivity index (χ4v) is 2.03. The predicted molar refractivity (Wildman–Crippen MR) is 65.3 cm³/mol. The molecule has 0 radical (unpaired) electrons. The van der Waals surface area contributed by atoms with Crippen molar-refractivity contribution in [3.63, 3.8) is 0 Å². The number of esters is 1. The number of rotatable bonds is 4. The predicted octanol–water partition coefficient (Wildman–Crippen LogP) is 3.17. The first-order chi connectivity index (χ1) is 8.07. The lowest BCUT2D eigenvalue weighted by molar-refractivity contribution is -0.141. The van der Waals surface area contributed by atoms with Crippen molar-refractivity contribution in [2.45, 2.75) is 18.4 Å². The molecule has 1 aromatic rings. The number of benzene rings is 1. The van der Waals surface area contributed by atoms with Crippen LogP contribution in [-0.4, -0.2) is 19.7 Å². The Morgan fingerprint density at radius 2 is 2.18 bits per heavy atom. The average Bonchev–Trinajstić information content (AvgIpc) is 3.11. The molecule has 92 valence electrons. The summed E-state index contributed by atoms with van der Waals surface area (Å²) in [6, 6.07) is 5.40. The highest BCUT2D eigenvalue weighted by Gasteiger charge is 2.46. The normalized spacial score (nSPS) is 22.3. The Hall–Kier alpha value is -0.770. The van der Waals surface area contributed by atoms with E-state index in [9.17, 15) is 4.79 Å². The Kier molecular flexibility index (Phi) is 3.61. The number of carbonyl (C=O) groups is 1. The molecule has 1 fully saturated rings. The molecule has 1 aromatic carbocycles. The van der Waals surface area contributed by atoms with Gasteiger partial charge in [0, 0.05) is 6.42 Å². The standard InChI is InChI=1S/C12H12Cl2O3/c1-16-11(15)4-5-12(7-17-12)8-2-3-9(13)10(14)6-8/h2-3,6H,4-5,7H2,1H3. The summed E-state index contributed by atoms with van der Waals surface area (Å²) in [5, 5.41) is 1.01. The van der Waals surface area contributed by atoms with Gasteiger partial charge < -0.3 is 9.47 Å². The van der Waals surface area contributed by atoms with Gasteiger partial charge in [-0.3, -0.25) is 4.79 Å². The van der Waals surface area contributed by atoms with Crippen molar-refractivity contribution < 1.29 is 14.3 Å². The summed E-state index contributed by atoms with van der Waals surface area (Å²) in [7, 11) is 1.38. The Morgan fingerprint density at radius 3 is 2.71 bits per heavy atom. The van der Waals surface area contributed by atoms with Crippen molar-refractivity contribution in [2.24, 2.45) is 0 Å². The zero-order chi connectivity index (χ0) is 12.5. The zero-order valence-corrected chi connectivity index (χ0v) is 10.8. The molecule has 1 heterocycles. The summed E-state index contributed by atoms with van der Waals surface area (Å²) in [6.45, 7) is 0.599. The van der Waals surface area contributed by atoms with Crippen molar-refractivity contribution in [3.05, 3.63) is 33.8 Å². The third-order valence-electron chi connectivity index (χ3n) is 2.90. The summed E-state index contributed by atoms with van der Waals surface area (Å²) < 4.78 is 10.1. The van der Waals surface area contributed by atoms with Crippen molar-refractivity contribution >= 4 is 29.2 Å². The summed E-state index contributed by atoms with van der Waals surface area (Å²) in [6.07, 6.45) is 0.925. The molecule has 0 aliphatic carbocycles. The first-order valence-corrected chi connectivity index (χ1v) is 5.99. The Balaban J connectivity index is 2.10. The van der Waals surface area contributed by atoms with Gasteiger partial charge in [0.15, 0.2) is 0 Å². The van der Waals surface area contributed by atoms with Crippen LogP contribution in [0.5, 0.6) is 0 Å². The van der Waals surface area contributed by atoms with Crippen molar-refractivity contribution in [2.75, 3.05) is 13.7 Å². The van der Waals surface area contributed by atoms with Crippen LogP contribution in [0.2, 0.25) is 10.0 Å². The second-order valence-electron chi connectivity index (χ2n) is 3.99. The van der Waals surface area contributed by atoms with E-state index in [0.717, 1.165) is 5.56 Å². The van der Waals surface area contributed by atoms with Gasteiger partial charge in [0.1, 0.15) is 5.60 Å². The monoisotopic (exact) mass is 274 g/mol. The quantitative estimate of drug-likeness (QED) is 0.625. The van der Waals surface area contributed by atoms with Gasteiger partial charge in [-0.05, 0) is 24.1 Å². The molecule has 1 atom stereocenters. The molecule has 1 aliphatic heterocycles. The van der Waals surface area contributed by atoms with Crippen LogP contribution < -0.4 is 0 Å². The van der Waals surface area contributed by atoms with Crippen LogP contribution >= 0.6 is 23.2 Å². The molecule has 0 amide bonds. The number of methoxy groups -OCH3 is 1. The minimum absolute atomic E-state index is 0.236. The van der Waals surface area contributed by atoms with E-state index in [2.05, 4.69) is 4.74 Å². The van der Waals surface area contributed by atoms with Crippen molar-refractivity contribution in [1.82, 2.24) is 0 Å².